The minimum Gasteiger partial charge on any atom is -0.383 e. The lowest BCUT2D eigenvalue weighted by molar-refractivity contribution is -0.118. The fourth-order valence-corrected chi connectivity index (χ4v) is 3.52. The molecular formula is C19H20N2O2S. The highest BCUT2D eigenvalue weighted by molar-refractivity contribution is 7.22. The molecule has 0 aliphatic carbocycles. The summed E-state index contributed by atoms with van der Waals surface area (Å²) in [5.74, 6) is 0.0787. The van der Waals surface area contributed by atoms with Gasteiger partial charge >= 0.3 is 0 Å². The van der Waals surface area contributed by atoms with Gasteiger partial charge < -0.3 is 4.74 Å². The Labute approximate surface area is 145 Å². The van der Waals surface area contributed by atoms with Crippen LogP contribution in [-0.2, 0) is 16.0 Å². The lowest BCUT2D eigenvalue weighted by Crippen LogP contribution is -2.34. The Bertz CT molecular complexity index is 768. The monoisotopic (exact) mass is 340 g/mol. The summed E-state index contributed by atoms with van der Waals surface area (Å²) in [5.41, 5.74) is 2.10. The van der Waals surface area contributed by atoms with Gasteiger partial charge in [-0.25, -0.2) is 4.98 Å². The summed E-state index contributed by atoms with van der Waals surface area (Å²) in [6.07, 6.45) is 1.19. The molecule has 3 rings (SSSR count). The van der Waals surface area contributed by atoms with E-state index in [0.717, 1.165) is 21.8 Å². The first kappa shape index (κ1) is 16.6. The normalized spacial score (nSPS) is 10.9. The molecule has 1 aromatic heterocycles. The lowest BCUT2D eigenvalue weighted by Gasteiger charge is -2.19. The van der Waals surface area contributed by atoms with Gasteiger partial charge in [0, 0.05) is 13.5 Å². The molecule has 0 bridgehead atoms. The zero-order valence-corrected chi connectivity index (χ0v) is 14.5. The number of amides is 1. The molecule has 0 aliphatic heterocycles. The number of nitrogens with zero attached hydrogens (tertiary/aromatic N) is 2. The predicted molar refractivity (Wildman–Crippen MR) is 98.6 cm³/mol. The van der Waals surface area contributed by atoms with Gasteiger partial charge in [0.25, 0.3) is 0 Å². The van der Waals surface area contributed by atoms with Crippen LogP contribution in [0.4, 0.5) is 5.13 Å². The van der Waals surface area contributed by atoms with Crippen molar-refractivity contribution < 1.29 is 9.53 Å². The van der Waals surface area contributed by atoms with E-state index in [-0.39, 0.29) is 5.91 Å². The van der Waals surface area contributed by atoms with Gasteiger partial charge in [-0.3, -0.25) is 9.69 Å². The molecular weight excluding hydrogens is 320 g/mol. The molecule has 24 heavy (non-hydrogen) atoms. The third kappa shape index (κ3) is 3.99. The molecule has 0 saturated heterocycles. The van der Waals surface area contributed by atoms with E-state index in [9.17, 15) is 4.79 Å². The number of aromatic nitrogens is 1. The Balaban J connectivity index is 1.76. The van der Waals surface area contributed by atoms with Crippen molar-refractivity contribution in [3.8, 4) is 0 Å². The average Bonchev–Trinajstić information content (AvgIpc) is 3.05. The van der Waals surface area contributed by atoms with Crippen molar-refractivity contribution in [2.24, 2.45) is 0 Å². The smallest absolute Gasteiger partial charge is 0.229 e. The molecule has 5 heteroatoms. The summed E-state index contributed by atoms with van der Waals surface area (Å²) in [5, 5.41) is 0.742. The molecule has 0 saturated carbocycles. The number of benzene rings is 2. The fourth-order valence-electron chi connectivity index (χ4n) is 2.52. The number of aryl methyl sites for hydroxylation is 1. The average molecular weight is 340 g/mol. The molecule has 3 aromatic rings. The zero-order valence-electron chi connectivity index (χ0n) is 13.6. The maximum atomic E-state index is 12.7. The minimum atomic E-state index is 0.0787. The van der Waals surface area contributed by atoms with Crippen LogP contribution in [0.2, 0.25) is 0 Å². The molecule has 0 aliphatic rings. The van der Waals surface area contributed by atoms with Gasteiger partial charge in [-0.1, -0.05) is 53.8 Å². The van der Waals surface area contributed by atoms with Crippen LogP contribution in [-0.4, -0.2) is 31.2 Å². The van der Waals surface area contributed by atoms with Crippen LogP contribution in [0.1, 0.15) is 12.0 Å². The van der Waals surface area contributed by atoms with Crippen molar-refractivity contribution in [1.29, 1.82) is 0 Å². The van der Waals surface area contributed by atoms with Crippen LogP contribution in [0.15, 0.2) is 54.6 Å². The third-order valence-electron chi connectivity index (χ3n) is 3.80. The highest BCUT2D eigenvalue weighted by Crippen LogP contribution is 2.29. The Kier molecular flexibility index (Phi) is 5.56. The lowest BCUT2D eigenvalue weighted by atomic mass is 10.1. The van der Waals surface area contributed by atoms with Crippen molar-refractivity contribution >= 4 is 32.6 Å². The van der Waals surface area contributed by atoms with Crippen molar-refractivity contribution in [1.82, 2.24) is 4.98 Å². The maximum Gasteiger partial charge on any atom is 0.229 e. The summed E-state index contributed by atoms with van der Waals surface area (Å²) in [6.45, 7) is 1.01. The number of anilines is 1. The van der Waals surface area contributed by atoms with Crippen molar-refractivity contribution in [2.45, 2.75) is 12.8 Å². The van der Waals surface area contributed by atoms with Gasteiger partial charge in [0.05, 0.1) is 23.4 Å². The number of rotatable bonds is 7. The molecule has 4 nitrogen and oxygen atoms in total. The van der Waals surface area contributed by atoms with Gasteiger partial charge in [0.1, 0.15) is 0 Å². The number of para-hydroxylation sites is 1. The van der Waals surface area contributed by atoms with Crippen LogP contribution < -0.4 is 4.90 Å². The molecule has 0 N–H and O–H groups in total. The molecule has 124 valence electrons. The molecule has 1 heterocycles. The number of thiazole rings is 1. The van der Waals surface area contributed by atoms with Crippen LogP contribution in [0, 0.1) is 0 Å². The highest BCUT2D eigenvalue weighted by atomic mass is 32.1. The number of methoxy groups -OCH3 is 1. The van der Waals surface area contributed by atoms with E-state index >= 15 is 0 Å². The van der Waals surface area contributed by atoms with Crippen molar-refractivity contribution in [3.63, 3.8) is 0 Å². The number of fused-ring (bicyclic) bond motifs is 1. The third-order valence-corrected chi connectivity index (χ3v) is 4.86. The number of hydrogen-bond acceptors (Lipinski definition) is 4. The largest absolute Gasteiger partial charge is 0.383 e. The molecule has 0 spiro atoms. The first-order valence-corrected chi connectivity index (χ1v) is 8.78. The molecule has 2 aromatic carbocycles. The SMILES string of the molecule is COCCN(C(=O)CCc1ccccc1)c1nc2ccccc2s1. The summed E-state index contributed by atoms with van der Waals surface area (Å²) in [7, 11) is 1.64. The second-order valence-electron chi connectivity index (χ2n) is 5.49. The quantitative estimate of drug-likeness (QED) is 0.655. The van der Waals surface area contributed by atoms with E-state index in [1.807, 2.05) is 54.6 Å². The summed E-state index contributed by atoms with van der Waals surface area (Å²) >= 11 is 1.54. The van der Waals surface area contributed by atoms with Crippen molar-refractivity contribution in [2.75, 3.05) is 25.2 Å². The van der Waals surface area contributed by atoms with Gasteiger partial charge in [0.2, 0.25) is 5.91 Å². The Morgan fingerprint density at radius 1 is 1.12 bits per heavy atom. The Morgan fingerprint density at radius 3 is 2.62 bits per heavy atom. The Morgan fingerprint density at radius 2 is 1.88 bits per heavy atom. The van der Waals surface area contributed by atoms with Gasteiger partial charge in [-0.05, 0) is 24.1 Å². The summed E-state index contributed by atoms with van der Waals surface area (Å²) in [6, 6.07) is 18.0. The van der Waals surface area contributed by atoms with Crippen LogP contribution in [0.25, 0.3) is 10.2 Å². The maximum absolute atomic E-state index is 12.7. The standard InChI is InChI=1S/C19H20N2O2S/c1-23-14-13-21(18(22)12-11-15-7-3-2-4-8-15)19-20-16-9-5-6-10-17(16)24-19/h2-10H,11-14H2,1H3. The van der Waals surface area contributed by atoms with E-state index in [1.165, 1.54) is 5.56 Å². The van der Waals surface area contributed by atoms with Crippen LogP contribution in [0.3, 0.4) is 0 Å². The van der Waals surface area contributed by atoms with Crippen molar-refractivity contribution in [3.05, 3.63) is 60.2 Å². The second-order valence-corrected chi connectivity index (χ2v) is 6.50. The van der Waals surface area contributed by atoms with E-state index in [0.29, 0.717) is 19.6 Å². The van der Waals surface area contributed by atoms with E-state index in [4.69, 9.17) is 4.74 Å². The number of ether oxygens (including phenoxy) is 1. The highest BCUT2D eigenvalue weighted by Gasteiger charge is 2.19. The summed E-state index contributed by atoms with van der Waals surface area (Å²) < 4.78 is 6.25. The molecule has 0 unspecified atom stereocenters. The predicted octanol–water partition coefficient (Wildman–Crippen LogP) is 3.91. The van der Waals surface area contributed by atoms with E-state index in [2.05, 4.69) is 4.98 Å². The van der Waals surface area contributed by atoms with E-state index in [1.54, 1.807) is 23.3 Å². The summed E-state index contributed by atoms with van der Waals surface area (Å²) in [4.78, 5) is 19.1. The number of carbonyl (C=O) groups excluding carboxylic acids is 1. The molecule has 0 fully saturated rings. The number of hydrogen-bond donors (Lipinski definition) is 0. The van der Waals surface area contributed by atoms with Crippen LogP contribution >= 0.6 is 11.3 Å². The molecule has 1 amide bonds. The number of carbonyl (C=O) groups is 1. The van der Waals surface area contributed by atoms with Crippen LogP contribution in [0.5, 0.6) is 0 Å². The molecule has 0 atom stereocenters. The minimum absolute atomic E-state index is 0.0787. The molecule has 0 radical (unpaired) electrons. The van der Waals surface area contributed by atoms with Gasteiger partial charge in [0.15, 0.2) is 5.13 Å². The van der Waals surface area contributed by atoms with E-state index < -0.39 is 0 Å². The second kappa shape index (κ2) is 8.04. The fraction of sp³-hybridized carbons (Fsp3) is 0.263. The first-order chi connectivity index (χ1) is 11.8. The first-order valence-electron chi connectivity index (χ1n) is 7.97. The topological polar surface area (TPSA) is 42.4 Å². The zero-order chi connectivity index (χ0) is 16.8. The van der Waals surface area contributed by atoms with Gasteiger partial charge in [-0.2, -0.15) is 0 Å². The Hall–Kier alpha value is -2.24. The van der Waals surface area contributed by atoms with Gasteiger partial charge in [-0.15, -0.1) is 0 Å².